The standard InChI is InChI=1S/C25H29FN4/c1-28(2)24-16-30(23-12-11-19-5-4-6-22(26)25(19)23)15-21(24)18-9-7-17(8-10-18)20-13-27-29(3)14-20/h4-10,13-14,21,23-24H,11-12,15-16H2,1-3H3. The predicted molar refractivity (Wildman–Crippen MR) is 118 cm³/mol. The summed E-state index contributed by atoms with van der Waals surface area (Å²) in [6.07, 6.45) is 5.94. The van der Waals surface area contributed by atoms with Crippen LogP contribution in [0.1, 0.15) is 35.1 Å². The van der Waals surface area contributed by atoms with Gasteiger partial charge in [0.2, 0.25) is 0 Å². The Hall–Kier alpha value is -2.50. The Morgan fingerprint density at radius 1 is 1.03 bits per heavy atom. The van der Waals surface area contributed by atoms with Gasteiger partial charge in [-0.25, -0.2) is 4.39 Å². The van der Waals surface area contributed by atoms with Crippen molar-refractivity contribution in [3.05, 3.63) is 77.4 Å². The van der Waals surface area contributed by atoms with Gasteiger partial charge in [-0.15, -0.1) is 0 Å². The maximum Gasteiger partial charge on any atom is 0.128 e. The van der Waals surface area contributed by atoms with Crippen LogP contribution in [-0.2, 0) is 13.5 Å². The molecule has 0 bridgehead atoms. The van der Waals surface area contributed by atoms with E-state index in [4.69, 9.17) is 0 Å². The molecule has 0 radical (unpaired) electrons. The third-order valence-electron chi connectivity index (χ3n) is 6.96. The Kier molecular flexibility index (Phi) is 4.95. The number of hydrogen-bond acceptors (Lipinski definition) is 3. The molecule has 5 rings (SSSR count). The van der Waals surface area contributed by atoms with E-state index in [9.17, 15) is 4.39 Å². The van der Waals surface area contributed by atoms with E-state index in [1.807, 2.05) is 30.2 Å². The molecule has 30 heavy (non-hydrogen) atoms. The second kappa shape index (κ2) is 7.64. The lowest BCUT2D eigenvalue weighted by molar-refractivity contribution is 0.213. The van der Waals surface area contributed by atoms with Gasteiger partial charge in [-0.1, -0.05) is 36.4 Å². The molecule has 2 aliphatic rings. The van der Waals surface area contributed by atoms with E-state index in [2.05, 4.69) is 59.3 Å². The second-order valence-electron chi connectivity index (χ2n) is 8.98. The van der Waals surface area contributed by atoms with Crippen molar-refractivity contribution in [2.45, 2.75) is 30.8 Å². The molecule has 0 amide bonds. The monoisotopic (exact) mass is 404 g/mol. The number of likely N-dealkylation sites (tertiary alicyclic amines) is 1. The summed E-state index contributed by atoms with van der Waals surface area (Å²) >= 11 is 0. The van der Waals surface area contributed by atoms with Crippen molar-refractivity contribution in [2.75, 3.05) is 27.2 Å². The largest absolute Gasteiger partial charge is 0.305 e. The van der Waals surface area contributed by atoms with Crippen LogP contribution >= 0.6 is 0 Å². The van der Waals surface area contributed by atoms with Crippen LogP contribution in [0.25, 0.3) is 11.1 Å². The lowest BCUT2D eigenvalue weighted by atomic mass is 9.92. The zero-order chi connectivity index (χ0) is 20.8. The third kappa shape index (κ3) is 3.36. The zero-order valence-corrected chi connectivity index (χ0v) is 17.9. The van der Waals surface area contributed by atoms with Gasteiger partial charge in [-0.05, 0) is 49.7 Å². The SMILES string of the molecule is CN(C)C1CN(C2CCc3cccc(F)c32)CC1c1ccc(-c2cnn(C)c2)cc1. The first kappa shape index (κ1) is 19.5. The molecule has 5 heteroatoms. The van der Waals surface area contributed by atoms with Gasteiger partial charge in [0.25, 0.3) is 0 Å². The highest BCUT2D eigenvalue weighted by atomic mass is 19.1. The van der Waals surface area contributed by atoms with Gasteiger partial charge in [0.15, 0.2) is 0 Å². The van der Waals surface area contributed by atoms with E-state index < -0.39 is 0 Å². The van der Waals surface area contributed by atoms with Crippen molar-refractivity contribution >= 4 is 0 Å². The summed E-state index contributed by atoms with van der Waals surface area (Å²) in [5.41, 5.74) is 5.80. The summed E-state index contributed by atoms with van der Waals surface area (Å²) in [4.78, 5) is 4.84. The van der Waals surface area contributed by atoms with Gasteiger partial charge < -0.3 is 4.90 Å². The van der Waals surface area contributed by atoms with Gasteiger partial charge >= 0.3 is 0 Å². The molecule has 156 valence electrons. The minimum atomic E-state index is -0.0410. The fraction of sp³-hybridized carbons (Fsp3) is 0.400. The van der Waals surface area contributed by atoms with Crippen LogP contribution < -0.4 is 0 Å². The summed E-state index contributed by atoms with van der Waals surface area (Å²) in [5.74, 6) is 0.374. The van der Waals surface area contributed by atoms with Gasteiger partial charge in [-0.2, -0.15) is 5.10 Å². The van der Waals surface area contributed by atoms with Crippen LogP contribution in [0.3, 0.4) is 0 Å². The van der Waals surface area contributed by atoms with E-state index in [1.165, 1.54) is 16.7 Å². The first-order valence-electron chi connectivity index (χ1n) is 10.8. The number of rotatable bonds is 4. The Morgan fingerprint density at radius 3 is 2.53 bits per heavy atom. The van der Waals surface area contributed by atoms with Crippen LogP contribution in [0.4, 0.5) is 4.39 Å². The number of likely N-dealkylation sites (N-methyl/N-ethyl adjacent to an activating group) is 1. The maximum absolute atomic E-state index is 14.6. The smallest absolute Gasteiger partial charge is 0.128 e. The molecule has 4 nitrogen and oxygen atoms in total. The van der Waals surface area contributed by atoms with Crippen LogP contribution in [0.2, 0.25) is 0 Å². The molecule has 1 aliphatic heterocycles. The highest BCUT2D eigenvalue weighted by Gasteiger charge is 2.41. The molecule has 2 heterocycles. The van der Waals surface area contributed by atoms with Crippen molar-refractivity contribution < 1.29 is 4.39 Å². The summed E-state index contributed by atoms with van der Waals surface area (Å²) in [6.45, 7) is 1.94. The fourth-order valence-corrected chi connectivity index (χ4v) is 5.39. The Balaban J connectivity index is 1.41. The second-order valence-corrected chi connectivity index (χ2v) is 8.98. The van der Waals surface area contributed by atoms with Gasteiger partial charge in [0.1, 0.15) is 5.82 Å². The average molecular weight is 405 g/mol. The molecule has 0 saturated carbocycles. The van der Waals surface area contributed by atoms with Crippen molar-refractivity contribution in [2.24, 2.45) is 7.05 Å². The Bertz CT molecular complexity index is 1040. The van der Waals surface area contributed by atoms with Crippen LogP contribution in [-0.4, -0.2) is 52.8 Å². The minimum absolute atomic E-state index is 0.0410. The third-order valence-corrected chi connectivity index (χ3v) is 6.96. The average Bonchev–Trinajstić information content (AvgIpc) is 3.46. The summed E-state index contributed by atoms with van der Waals surface area (Å²) in [6, 6.07) is 15.1. The number of hydrogen-bond donors (Lipinski definition) is 0. The molecule has 1 aliphatic carbocycles. The highest BCUT2D eigenvalue weighted by molar-refractivity contribution is 5.62. The molecule has 1 fully saturated rings. The molecular formula is C25H29FN4. The van der Waals surface area contributed by atoms with Crippen LogP contribution in [0, 0.1) is 5.82 Å². The van der Waals surface area contributed by atoms with E-state index in [-0.39, 0.29) is 11.9 Å². The Morgan fingerprint density at radius 2 is 1.83 bits per heavy atom. The normalized spacial score (nSPS) is 24.0. The molecule has 1 aromatic heterocycles. The number of aryl methyl sites for hydroxylation is 2. The lowest BCUT2D eigenvalue weighted by Crippen LogP contribution is -2.35. The molecule has 3 aromatic rings. The fourth-order valence-electron chi connectivity index (χ4n) is 5.39. The molecule has 3 unspecified atom stereocenters. The number of halogens is 1. The first-order chi connectivity index (χ1) is 14.5. The van der Waals surface area contributed by atoms with Crippen LogP contribution in [0.15, 0.2) is 54.9 Å². The highest BCUT2D eigenvalue weighted by Crippen LogP contribution is 2.42. The topological polar surface area (TPSA) is 24.3 Å². The molecule has 3 atom stereocenters. The molecule has 1 saturated heterocycles. The number of aromatic nitrogens is 2. The zero-order valence-electron chi connectivity index (χ0n) is 17.9. The minimum Gasteiger partial charge on any atom is -0.305 e. The molecular weight excluding hydrogens is 375 g/mol. The number of nitrogens with zero attached hydrogens (tertiary/aromatic N) is 4. The van der Waals surface area contributed by atoms with Gasteiger partial charge in [-0.3, -0.25) is 9.58 Å². The first-order valence-corrected chi connectivity index (χ1v) is 10.8. The quantitative estimate of drug-likeness (QED) is 0.650. The number of fused-ring (bicyclic) bond motifs is 1. The summed E-state index contributed by atoms with van der Waals surface area (Å²) in [7, 11) is 6.26. The summed E-state index contributed by atoms with van der Waals surface area (Å²) < 4.78 is 16.5. The summed E-state index contributed by atoms with van der Waals surface area (Å²) in [5, 5.41) is 4.28. The van der Waals surface area contributed by atoms with Crippen molar-refractivity contribution in [3.8, 4) is 11.1 Å². The van der Waals surface area contributed by atoms with Crippen molar-refractivity contribution in [1.29, 1.82) is 0 Å². The van der Waals surface area contributed by atoms with Gasteiger partial charge in [0.05, 0.1) is 6.20 Å². The van der Waals surface area contributed by atoms with E-state index in [0.717, 1.165) is 37.1 Å². The van der Waals surface area contributed by atoms with Crippen molar-refractivity contribution in [1.82, 2.24) is 19.6 Å². The molecule has 0 spiro atoms. The van der Waals surface area contributed by atoms with E-state index in [1.54, 1.807) is 6.07 Å². The van der Waals surface area contributed by atoms with E-state index >= 15 is 0 Å². The van der Waals surface area contributed by atoms with E-state index in [0.29, 0.717) is 12.0 Å². The Labute approximate surface area is 177 Å². The van der Waals surface area contributed by atoms with Crippen molar-refractivity contribution in [3.63, 3.8) is 0 Å². The lowest BCUT2D eigenvalue weighted by Gasteiger charge is -2.26. The predicted octanol–water partition coefficient (Wildman–Crippen LogP) is 4.24. The molecule has 0 N–H and O–H groups in total. The maximum atomic E-state index is 14.6. The van der Waals surface area contributed by atoms with Crippen LogP contribution in [0.5, 0.6) is 0 Å². The molecule has 2 aromatic carbocycles. The number of benzene rings is 2. The van der Waals surface area contributed by atoms with Gasteiger partial charge in [0, 0.05) is 55.5 Å².